The van der Waals surface area contributed by atoms with Gasteiger partial charge in [0.1, 0.15) is 42.6 Å². The Morgan fingerprint density at radius 2 is 1.76 bits per heavy atom. The molecule has 1 aromatic heterocycles. The number of rotatable bonds is 5. The number of ether oxygens (including phenoxy) is 3. The van der Waals surface area contributed by atoms with Crippen molar-refractivity contribution in [2.24, 2.45) is 5.73 Å². The molecule has 34 heavy (non-hydrogen) atoms. The summed E-state index contributed by atoms with van der Waals surface area (Å²) in [5.74, 6) is 0.940. The van der Waals surface area contributed by atoms with Gasteiger partial charge in [0.25, 0.3) is 0 Å². The molecule has 0 amide bonds. The predicted molar refractivity (Wildman–Crippen MR) is 124 cm³/mol. The first-order valence-electron chi connectivity index (χ1n) is 10.7. The van der Waals surface area contributed by atoms with Crippen molar-refractivity contribution in [3.63, 3.8) is 0 Å². The van der Waals surface area contributed by atoms with Crippen molar-refractivity contribution in [2.75, 3.05) is 13.2 Å². The van der Waals surface area contributed by atoms with E-state index in [1.165, 1.54) is 30.5 Å². The number of fused-ring (bicyclic) bond motifs is 2. The van der Waals surface area contributed by atoms with Crippen LogP contribution in [-0.2, 0) is 11.2 Å². The van der Waals surface area contributed by atoms with E-state index in [0.717, 1.165) is 5.56 Å². The Bertz CT molecular complexity index is 1430. The van der Waals surface area contributed by atoms with Gasteiger partial charge >= 0.3 is 5.97 Å². The second-order valence-corrected chi connectivity index (χ2v) is 7.89. The molecule has 1 aliphatic rings. The number of carbonyl (C=O) groups is 1. The Kier molecular flexibility index (Phi) is 5.65. The van der Waals surface area contributed by atoms with E-state index in [2.05, 4.69) is 0 Å². The first kappa shape index (κ1) is 21.5. The maximum absolute atomic E-state index is 13.1. The lowest BCUT2D eigenvalue weighted by atomic mass is 10.0. The van der Waals surface area contributed by atoms with Gasteiger partial charge in [0.05, 0.1) is 10.9 Å². The number of hydrogen-bond donors (Lipinski definition) is 2. The summed E-state index contributed by atoms with van der Waals surface area (Å²) in [6.07, 6.45) is 1.62. The molecule has 3 aromatic carbocycles. The average molecular weight is 459 g/mol. The Balaban J connectivity index is 1.35. The number of phenolic OH excluding ortho intramolecular Hbond substituents is 1. The van der Waals surface area contributed by atoms with E-state index in [1.807, 2.05) is 0 Å². The second-order valence-electron chi connectivity index (χ2n) is 7.89. The summed E-state index contributed by atoms with van der Waals surface area (Å²) in [6, 6.07) is 15.4. The zero-order chi connectivity index (χ0) is 23.7. The first-order chi connectivity index (χ1) is 16.5. The maximum atomic E-state index is 13.1. The van der Waals surface area contributed by atoms with Crippen molar-refractivity contribution in [1.29, 1.82) is 0 Å². The molecule has 0 fully saturated rings. The SMILES string of the molecule is N[C@@H](Cc1ccc(O)cc1)C(=O)Oc1ccc2c(=O)c(-c3ccc4c(c3)OCCO4)coc2c1. The number of carbonyl (C=O) groups excluding carboxylic acids is 1. The summed E-state index contributed by atoms with van der Waals surface area (Å²) >= 11 is 0. The minimum absolute atomic E-state index is 0.134. The molecule has 4 aromatic rings. The number of nitrogens with two attached hydrogens (primary N) is 1. The Morgan fingerprint density at radius 1 is 1.00 bits per heavy atom. The summed E-state index contributed by atoms with van der Waals surface area (Å²) in [5.41, 5.74) is 7.85. The van der Waals surface area contributed by atoms with Gasteiger partial charge < -0.3 is 29.5 Å². The van der Waals surface area contributed by atoms with E-state index in [0.29, 0.717) is 41.2 Å². The van der Waals surface area contributed by atoms with E-state index >= 15 is 0 Å². The second kappa shape index (κ2) is 8.92. The highest BCUT2D eigenvalue weighted by Gasteiger charge is 2.19. The summed E-state index contributed by atoms with van der Waals surface area (Å²) < 4.78 is 22.2. The molecular weight excluding hydrogens is 438 g/mol. The Morgan fingerprint density at radius 3 is 2.56 bits per heavy atom. The molecular formula is C26H21NO7. The molecule has 172 valence electrons. The van der Waals surface area contributed by atoms with Crippen molar-refractivity contribution in [2.45, 2.75) is 12.5 Å². The highest BCUT2D eigenvalue weighted by molar-refractivity contribution is 5.84. The van der Waals surface area contributed by atoms with Crippen LogP contribution in [0.2, 0.25) is 0 Å². The molecule has 3 N–H and O–H groups in total. The number of esters is 1. The molecule has 8 heteroatoms. The fraction of sp³-hybridized carbons (Fsp3) is 0.154. The summed E-state index contributed by atoms with van der Waals surface area (Å²) in [5, 5.41) is 9.71. The molecule has 0 unspecified atom stereocenters. The lowest BCUT2D eigenvalue weighted by Crippen LogP contribution is -2.36. The minimum atomic E-state index is -0.898. The van der Waals surface area contributed by atoms with Gasteiger partial charge in [0.2, 0.25) is 0 Å². The zero-order valence-electron chi connectivity index (χ0n) is 18.0. The number of benzene rings is 3. The van der Waals surface area contributed by atoms with Crippen LogP contribution in [-0.4, -0.2) is 30.3 Å². The zero-order valence-corrected chi connectivity index (χ0v) is 18.0. The highest BCUT2D eigenvalue weighted by atomic mass is 16.6. The number of aromatic hydroxyl groups is 1. The molecule has 0 saturated heterocycles. The van der Waals surface area contributed by atoms with Crippen LogP contribution in [0.1, 0.15) is 5.56 Å². The molecule has 0 radical (unpaired) electrons. The van der Waals surface area contributed by atoms with Crippen LogP contribution >= 0.6 is 0 Å². The van der Waals surface area contributed by atoms with Crippen LogP contribution in [0.4, 0.5) is 0 Å². The van der Waals surface area contributed by atoms with Crippen LogP contribution in [0, 0.1) is 0 Å². The first-order valence-corrected chi connectivity index (χ1v) is 10.7. The van der Waals surface area contributed by atoms with Crippen LogP contribution in [0.15, 0.2) is 76.1 Å². The molecule has 2 heterocycles. The van der Waals surface area contributed by atoms with Gasteiger partial charge in [-0.2, -0.15) is 0 Å². The van der Waals surface area contributed by atoms with Gasteiger partial charge in [-0.25, -0.2) is 4.79 Å². The van der Waals surface area contributed by atoms with Crippen molar-refractivity contribution >= 4 is 16.9 Å². The highest BCUT2D eigenvalue weighted by Crippen LogP contribution is 2.34. The summed E-state index contributed by atoms with van der Waals surface area (Å²) in [6.45, 7) is 0.932. The normalized spacial score (nSPS) is 13.4. The van der Waals surface area contributed by atoms with Crippen LogP contribution < -0.4 is 25.4 Å². The molecule has 8 nitrogen and oxygen atoms in total. The average Bonchev–Trinajstić information content (AvgIpc) is 2.85. The van der Waals surface area contributed by atoms with Crippen molar-refractivity contribution in [1.82, 2.24) is 0 Å². The lowest BCUT2D eigenvalue weighted by molar-refractivity contribution is -0.135. The third-order valence-corrected chi connectivity index (χ3v) is 5.51. The topological polar surface area (TPSA) is 121 Å². The lowest BCUT2D eigenvalue weighted by Gasteiger charge is -2.18. The molecule has 0 saturated carbocycles. The Labute approximate surface area is 194 Å². The summed E-state index contributed by atoms with van der Waals surface area (Å²) in [7, 11) is 0. The third kappa shape index (κ3) is 4.31. The van der Waals surface area contributed by atoms with Crippen molar-refractivity contribution in [3.05, 3.63) is 82.7 Å². The fourth-order valence-corrected chi connectivity index (χ4v) is 3.74. The standard InChI is InChI=1S/C26H21NO7/c27-21(11-15-1-4-17(28)5-2-15)26(30)34-18-6-7-19-23(13-18)33-14-20(25(19)29)16-3-8-22-24(12-16)32-10-9-31-22/h1-8,12-14,21,28H,9-11,27H2/t21-/m0/s1. The van der Waals surface area contributed by atoms with E-state index in [-0.39, 0.29) is 28.9 Å². The minimum Gasteiger partial charge on any atom is -0.508 e. The van der Waals surface area contributed by atoms with Crippen LogP contribution in [0.5, 0.6) is 23.0 Å². The van der Waals surface area contributed by atoms with Gasteiger partial charge in [-0.05, 0) is 53.9 Å². The molecule has 0 aliphatic carbocycles. The van der Waals surface area contributed by atoms with Crippen molar-refractivity contribution in [3.8, 4) is 34.1 Å². The van der Waals surface area contributed by atoms with E-state index in [9.17, 15) is 14.7 Å². The molecule has 5 rings (SSSR count). The van der Waals surface area contributed by atoms with Gasteiger partial charge in [-0.1, -0.05) is 18.2 Å². The van der Waals surface area contributed by atoms with Gasteiger partial charge in [-0.15, -0.1) is 0 Å². The van der Waals surface area contributed by atoms with Gasteiger partial charge in [0.15, 0.2) is 16.9 Å². The maximum Gasteiger partial charge on any atom is 0.328 e. The fourth-order valence-electron chi connectivity index (χ4n) is 3.74. The van der Waals surface area contributed by atoms with Crippen molar-refractivity contribution < 1.29 is 28.5 Å². The Hall–Kier alpha value is -4.30. The summed E-state index contributed by atoms with van der Waals surface area (Å²) in [4.78, 5) is 25.5. The largest absolute Gasteiger partial charge is 0.508 e. The monoisotopic (exact) mass is 459 g/mol. The molecule has 1 atom stereocenters. The number of hydrogen-bond acceptors (Lipinski definition) is 8. The van der Waals surface area contributed by atoms with E-state index < -0.39 is 12.0 Å². The smallest absolute Gasteiger partial charge is 0.328 e. The van der Waals surface area contributed by atoms with E-state index in [4.69, 9.17) is 24.4 Å². The quantitative estimate of drug-likeness (QED) is 0.344. The predicted octanol–water partition coefficient (Wildman–Crippen LogP) is 3.41. The van der Waals surface area contributed by atoms with Gasteiger partial charge in [0, 0.05) is 6.07 Å². The van der Waals surface area contributed by atoms with Crippen LogP contribution in [0.3, 0.4) is 0 Å². The van der Waals surface area contributed by atoms with E-state index in [1.54, 1.807) is 36.4 Å². The molecule has 0 bridgehead atoms. The van der Waals surface area contributed by atoms with Crippen LogP contribution in [0.25, 0.3) is 22.1 Å². The molecule has 0 spiro atoms. The molecule has 1 aliphatic heterocycles. The third-order valence-electron chi connectivity index (χ3n) is 5.51. The number of phenols is 1. The van der Waals surface area contributed by atoms with Gasteiger partial charge in [-0.3, -0.25) is 4.79 Å².